The second kappa shape index (κ2) is 8.48. The van der Waals surface area contributed by atoms with Crippen molar-refractivity contribution in [3.63, 3.8) is 0 Å². The molecule has 1 aromatic heterocycles. The lowest BCUT2D eigenvalue weighted by atomic mass is 10.0. The van der Waals surface area contributed by atoms with Crippen molar-refractivity contribution in [1.29, 1.82) is 0 Å². The standard InChI is InChI=1S/C26H24N4O/c27-26-28-24(20-12-14-23(15-13-20)31-22-10-2-1-3-11-22)17-25(29-26)30-16-6-9-19-7-4-5-8-21(19)18-30/h1-5,7-8,10-15,17H,6,9,16,18H2,(H2,27,28,29). The van der Waals surface area contributed by atoms with Crippen molar-refractivity contribution < 1.29 is 4.74 Å². The molecule has 154 valence electrons. The molecule has 5 rings (SSSR count). The number of hydrogen-bond donors (Lipinski definition) is 1. The summed E-state index contributed by atoms with van der Waals surface area (Å²) < 4.78 is 5.89. The fraction of sp³-hybridized carbons (Fsp3) is 0.154. The highest BCUT2D eigenvalue weighted by Gasteiger charge is 2.17. The highest BCUT2D eigenvalue weighted by Crippen LogP contribution is 2.29. The summed E-state index contributed by atoms with van der Waals surface area (Å²) in [5, 5.41) is 0. The van der Waals surface area contributed by atoms with Gasteiger partial charge in [0.05, 0.1) is 5.69 Å². The summed E-state index contributed by atoms with van der Waals surface area (Å²) in [6, 6.07) is 28.3. The van der Waals surface area contributed by atoms with Crippen LogP contribution in [0.15, 0.2) is 84.9 Å². The molecular weight excluding hydrogens is 384 g/mol. The third-order valence-electron chi connectivity index (χ3n) is 5.54. The first kappa shape index (κ1) is 19.1. The molecule has 2 heterocycles. The van der Waals surface area contributed by atoms with Crippen LogP contribution in [-0.4, -0.2) is 16.5 Å². The zero-order valence-corrected chi connectivity index (χ0v) is 17.2. The Morgan fingerprint density at radius 3 is 2.29 bits per heavy atom. The maximum absolute atomic E-state index is 6.10. The highest BCUT2D eigenvalue weighted by molar-refractivity contribution is 5.65. The number of para-hydroxylation sites is 1. The fourth-order valence-corrected chi connectivity index (χ4v) is 3.98. The van der Waals surface area contributed by atoms with E-state index in [1.165, 1.54) is 11.1 Å². The molecule has 5 heteroatoms. The molecule has 0 radical (unpaired) electrons. The van der Waals surface area contributed by atoms with E-state index in [9.17, 15) is 0 Å². The lowest BCUT2D eigenvalue weighted by molar-refractivity contribution is 0.483. The highest BCUT2D eigenvalue weighted by atomic mass is 16.5. The first-order chi connectivity index (χ1) is 15.2. The SMILES string of the molecule is Nc1nc(-c2ccc(Oc3ccccc3)cc2)cc(N2CCCc3ccccc3C2)n1. The van der Waals surface area contributed by atoms with Gasteiger partial charge in [-0.05, 0) is 60.4 Å². The van der Waals surface area contributed by atoms with Crippen LogP contribution in [0, 0.1) is 0 Å². The number of aromatic nitrogens is 2. The molecule has 3 aromatic carbocycles. The molecule has 5 nitrogen and oxygen atoms in total. The summed E-state index contributed by atoms with van der Waals surface area (Å²) in [5.74, 6) is 2.74. The Kier molecular flexibility index (Phi) is 5.23. The van der Waals surface area contributed by atoms with Crippen molar-refractivity contribution in [2.75, 3.05) is 17.2 Å². The van der Waals surface area contributed by atoms with E-state index in [0.717, 1.165) is 54.5 Å². The Labute approximate surface area is 182 Å². The van der Waals surface area contributed by atoms with Crippen LogP contribution >= 0.6 is 0 Å². The van der Waals surface area contributed by atoms with Gasteiger partial charge < -0.3 is 15.4 Å². The average molecular weight is 409 g/mol. The Morgan fingerprint density at radius 2 is 1.48 bits per heavy atom. The molecule has 2 N–H and O–H groups in total. The van der Waals surface area contributed by atoms with E-state index < -0.39 is 0 Å². The molecule has 0 unspecified atom stereocenters. The smallest absolute Gasteiger partial charge is 0.222 e. The van der Waals surface area contributed by atoms with Gasteiger partial charge in [0.1, 0.15) is 17.3 Å². The van der Waals surface area contributed by atoms with E-state index in [1.807, 2.05) is 60.7 Å². The van der Waals surface area contributed by atoms with Crippen molar-refractivity contribution in [1.82, 2.24) is 9.97 Å². The molecule has 0 saturated heterocycles. The largest absolute Gasteiger partial charge is 0.457 e. The van der Waals surface area contributed by atoms with E-state index in [-0.39, 0.29) is 5.95 Å². The molecule has 0 amide bonds. The van der Waals surface area contributed by atoms with Gasteiger partial charge in [-0.2, -0.15) is 4.98 Å². The van der Waals surface area contributed by atoms with Gasteiger partial charge in [-0.15, -0.1) is 0 Å². The topological polar surface area (TPSA) is 64.3 Å². The van der Waals surface area contributed by atoms with E-state index in [2.05, 4.69) is 39.1 Å². The number of benzene rings is 3. The summed E-state index contributed by atoms with van der Waals surface area (Å²) >= 11 is 0. The van der Waals surface area contributed by atoms with E-state index >= 15 is 0 Å². The number of anilines is 2. The monoisotopic (exact) mass is 408 g/mol. The predicted octanol–water partition coefficient (Wildman–Crippen LogP) is 5.47. The molecular formula is C26H24N4O. The average Bonchev–Trinajstić information content (AvgIpc) is 3.02. The van der Waals surface area contributed by atoms with Gasteiger partial charge in [-0.25, -0.2) is 4.98 Å². The number of rotatable bonds is 4. The summed E-state index contributed by atoms with van der Waals surface area (Å²) in [7, 11) is 0. The normalized spacial score (nSPS) is 13.4. The van der Waals surface area contributed by atoms with E-state index in [1.54, 1.807) is 0 Å². The predicted molar refractivity (Wildman–Crippen MR) is 124 cm³/mol. The zero-order valence-electron chi connectivity index (χ0n) is 17.2. The summed E-state index contributed by atoms with van der Waals surface area (Å²) in [6.07, 6.45) is 2.17. The van der Waals surface area contributed by atoms with Crippen molar-refractivity contribution in [2.45, 2.75) is 19.4 Å². The summed E-state index contributed by atoms with van der Waals surface area (Å²) in [5.41, 5.74) is 10.7. The van der Waals surface area contributed by atoms with Crippen LogP contribution in [0.3, 0.4) is 0 Å². The summed E-state index contributed by atoms with van der Waals surface area (Å²) in [6.45, 7) is 1.77. The van der Waals surface area contributed by atoms with E-state index in [0.29, 0.717) is 0 Å². The first-order valence-corrected chi connectivity index (χ1v) is 10.5. The summed E-state index contributed by atoms with van der Waals surface area (Å²) in [4.78, 5) is 11.3. The molecule has 0 fully saturated rings. The maximum atomic E-state index is 6.10. The molecule has 0 atom stereocenters. The molecule has 0 spiro atoms. The lowest BCUT2D eigenvalue weighted by Crippen LogP contribution is -2.24. The van der Waals surface area contributed by atoms with Crippen LogP contribution in [0.25, 0.3) is 11.3 Å². The van der Waals surface area contributed by atoms with Crippen LogP contribution in [0.4, 0.5) is 11.8 Å². The number of aryl methyl sites for hydroxylation is 1. The van der Waals surface area contributed by atoms with Crippen LogP contribution in [0.2, 0.25) is 0 Å². The number of hydrogen-bond acceptors (Lipinski definition) is 5. The van der Waals surface area contributed by atoms with Gasteiger partial charge in [-0.1, -0.05) is 42.5 Å². The van der Waals surface area contributed by atoms with Crippen molar-refractivity contribution in [3.8, 4) is 22.8 Å². The Hall–Kier alpha value is -3.86. The van der Waals surface area contributed by atoms with Crippen LogP contribution in [0.1, 0.15) is 17.5 Å². The van der Waals surface area contributed by atoms with Crippen LogP contribution in [-0.2, 0) is 13.0 Å². The maximum Gasteiger partial charge on any atom is 0.222 e. The number of ether oxygens (including phenoxy) is 1. The lowest BCUT2D eigenvalue weighted by Gasteiger charge is -2.22. The minimum Gasteiger partial charge on any atom is -0.457 e. The first-order valence-electron chi connectivity index (χ1n) is 10.5. The van der Waals surface area contributed by atoms with Gasteiger partial charge in [0.25, 0.3) is 0 Å². The Balaban J connectivity index is 1.40. The van der Waals surface area contributed by atoms with Gasteiger partial charge in [-0.3, -0.25) is 0 Å². The quantitative estimate of drug-likeness (QED) is 0.485. The van der Waals surface area contributed by atoms with Crippen LogP contribution in [0.5, 0.6) is 11.5 Å². The minimum absolute atomic E-state index is 0.287. The number of nitrogen functional groups attached to an aromatic ring is 1. The minimum atomic E-state index is 0.287. The molecule has 0 bridgehead atoms. The van der Waals surface area contributed by atoms with Crippen molar-refractivity contribution in [2.24, 2.45) is 0 Å². The van der Waals surface area contributed by atoms with Gasteiger partial charge in [0.15, 0.2) is 0 Å². The van der Waals surface area contributed by atoms with E-state index in [4.69, 9.17) is 10.5 Å². The molecule has 1 aliphatic heterocycles. The molecule has 31 heavy (non-hydrogen) atoms. The van der Waals surface area contributed by atoms with Gasteiger partial charge >= 0.3 is 0 Å². The third kappa shape index (κ3) is 4.36. The molecule has 4 aromatic rings. The Morgan fingerprint density at radius 1 is 0.774 bits per heavy atom. The zero-order chi connectivity index (χ0) is 21.0. The number of fused-ring (bicyclic) bond motifs is 1. The van der Waals surface area contributed by atoms with Crippen molar-refractivity contribution >= 4 is 11.8 Å². The number of nitrogens with zero attached hydrogens (tertiary/aromatic N) is 3. The molecule has 0 saturated carbocycles. The van der Waals surface area contributed by atoms with Crippen molar-refractivity contribution in [3.05, 3.63) is 96.1 Å². The third-order valence-corrected chi connectivity index (χ3v) is 5.54. The van der Waals surface area contributed by atoms with Crippen LogP contribution < -0.4 is 15.4 Å². The second-order valence-corrected chi connectivity index (χ2v) is 7.70. The molecule has 1 aliphatic rings. The number of nitrogens with two attached hydrogens (primary N) is 1. The second-order valence-electron chi connectivity index (χ2n) is 7.70. The molecule has 0 aliphatic carbocycles. The fourth-order valence-electron chi connectivity index (χ4n) is 3.98. The Bertz CT molecular complexity index is 1180. The van der Waals surface area contributed by atoms with Gasteiger partial charge in [0, 0.05) is 24.7 Å². The van der Waals surface area contributed by atoms with Gasteiger partial charge in [0.2, 0.25) is 5.95 Å².